The van der Waals surface area contributed by atoms with Crippen molar-refractivity contribution >= 4 is 11.9 Å². The third-order valence-electron chi connectivity index (χ3n) is 3.59. The summed E-state index contributed by atoms with van der Waals surface area (Å²) in [4.78, 5) is 29.5. The molecule has 1 N–H and O–H groups in total. The second-order valence-electron chi connectivity index (χ2n) is 4.89. The molecule has 0 aromatic carbocycles. The van der Waals surface area contributed by atoms with E-state index in [0.717, 1.165) is 25.7 Å². The zero-order valence-corrected chi connectivity index (χ0v) is 11.3. The summed E-state index contributed by atoms with van der Waals surface area (Å²) < 4.78 is 0. The van der Waals surface area contributed by atoms with Crippen LogP contribution in [0.1, 0.15) is 46.5 Å². The van der Waals surface area contributed by atoms with Crippen LogP contribution in [0.25, 0.3) is 0 Å². The first-order valence-electron chi connectivity index (χ1n) is 6.75. The summed E-state index contributed by atoms with van der Waals surface area (Å²) in [5.41, 5.74) is -0.0432. The fourth-order valence-electron chi connectivity index (χ4n) is 2.64. The number of aromatic nitrogens is 1. The van der Waals surface area contributed by atoms with Crippen molar-refractivity contribution in [1.82, 2.24) is 9.88 Å². The molecular weight excluding hydrogens is 256 g/mol. The second kappa shape index (κ2) is 6.32. The number of carbonyl (C=O) groups excluding carboxylic acids is 1. The normalized spacial score (nSPS) is 15.0. The van der Waals surface area contributed by atoms with Gasteiger partial charge in [-0.2, -0.15) is 0 Å². The Morgan fingerprint density at radius 1 is 1.45 bits per heavy atom. The summed E-state index contributed by atoms with van der Waals surface area (Å²) in [6.07, 6.45) is 7.21. The molecule has 1 aromatic heterocycles. The number of hydrogen-bond acceptors (Lipinski definition) is 3. The maximum absolute atomic E-state index is 12.6. The van der Waals surface area contributed by atoms with Crippen LogP contribution in [0.5, 0.6) is 0 Å². The van der Waals surface area contributed by atoms with Gasteiger partial charge in [0.05, 0.1) is 5.56 Å². The molecule has 5 nitrogen and oxygen atoms in total. The Morgan fingerprint density at radius 2 is 2.15 bits per heavy atom. The smallest absolute Gasteiger partial charge is 0.338 e. The maximum atomic E-state index is 12.6. The summed E-state index contributed by atoms with van der Waals surface area (Å²) >= 11 is 0. The third-order valence-corrected chi connectivity index (χ3v) is 3.59. The molecule has 1 heterocycles. The average Bonchev–Trinajstić information content (AvgIpc) is 2.98. The minimum Gasteiger partial charge on any atom is -0.478 e. The van der Waals surface area contributed by atoms with Gasteiger partial charge >= 0.3 is 5.97 Å². The zero-order valence-electron chi connectivity index (χ0n) is 11.3. The van der Waals surface area contributed by atoms with Gasteiger partial charge in [-0.05, 0) is 25.0 Å². The van der Waals surface area contributed by atoms with Gasteiger partial charge in [-0.1, -0.05) is 18.9 Å². The highest BCUT2D eigenvalue weighted by Gasteiger charge is 2.29. The van der Waals surface area contributed by atoms with Gasteiger partial charge in [0.25, 0.3) is 5.91 Å². The Balaban J connectivity index is 2.31. The number of carboxylic acid groups (broad SMARTS) is 1. The van der Waals surface area contributed by atoms with Crippen molar-refractivity contribution in [3.05, 3.63) is 42.2 Å². The number of carboxylic acids is 1. The molecule has 1 saturated carbocycles. The van der Waals surface area contributed by atoms with E-state index in [2.05, 4.69) is 11.6 Å². The predicted octanol–water partition coefficient (Wildman–Crippen LogP) is 2.35. The highest BCUT2D eigenvalue weighted by Crippen LogP contribution is 2.25. The minimum atomic E-state index is -1.13. The van der Waals surface area contributed by atoms with Gasteiger partial charge in [0.2, 0.25) is 0 Å². The quantitative estimate of drug-likeness (QED) is 0.837. The first-order chi connectivity index (χ1) is 9.65. The van der Waals surface area contributed by atoms with Crippen LogP contribution < -0.4 is 0 Å². The van der Waals surface area contributed by atoms with Crippen molar-refractivity contribution in [3.63, 3.8) is 0 Å². The van der Waals surface area contributed by atoms with Crippen LogP contribution in [-0.4, -0.2) is 39.5 Å². The molecule has 0 radical (unpaired) electrons. The van der Waals surface area contributed by atoms with Crippen LogP contribution in [0.2, 0.25) is 0 Å². The van der Waals surface area contributed by atoms with Gasteiger partial charge in [0, 0.05) is 18.8 Å². The Hall–Kier alpha value is -2.17. The zero-order chi connectivity index (χ0) is 14.5. The standard InChI is InChI=1S/C15H18N2O3/c1-2-10-17(11-6-3-4-7-11)14(18)13-12(15(19)20)8-5-9-16-13/h2,5,8-9,11H,1,3-4,6-7,10H2,(H,19,20). The van der Waals surface area contributed by atoms with Crippen molar-refractivity contribution in [2.24, 2.45) is 0 Å². The summed E-state index contributed by atoms with van der Waals surface area (Å²) in [5.74, 6) is -1.46. The first-order valence-corrected chi connectivity index (χ1v) is 6.75. The molecule has 0 unspecified atom stereocenters. The monoisotopic (exact) mass is 274 g/mol. The lowest BCUT2D eigenvalue weighted by molar-refractivity contribution is 0.0654. The fraction of sp³-hybridized carbons (Fsp3) is 0.400. The van der Waals surface area contributed by atoms with Gasteiger partial charge in [-0.15, -0.1) is 6.58 Å². The third kappa shape index (κ3) is 2.87. The Kier molecular flexibility index (Phi) is 4.50. The van der Waals surface area contributed by atoms with Crippen LogP contribution >= 0.6 is 0 Å². The SMILES string of the molecule is C=CCN(C(=O)c1ncccc1C(=O)O)C1CCCC1. The molecule has 1 aromatic rings. The van der Waals surface area contributed by atoms with Crippen molar-refractivity contribution in [3.8, 4) is 0 Å². The van der Waals surface area contributed by atoms with Crippen LogP contribution in [0.4, 0.5) is 0 Å². The van der Waals surface area contributed by atoms with Gasteiger partial charge in [0.1, 0.15) is 5.69 Å². The molecular formula is C15H18N2O3. The molecule has 1 fully saturated rings. The van der Waals surface area contributed by atoms with Crippen molar-refractivity contribution < 1.29 is 14.7 Å². The van der Waals surface area contributed by atoms with E-state index < -0.39 is 5.97 Å². The largest absolute Gasteiger partial charge is 0.478 e. The van der Waals surface area contributed by atoms with Crippen molar-refractivity contribution in [2.75, 3.05) is 6.54 Å². The molecule has 1 aliphatic rings. The number of nitrogens with zero attached hydrogens (tertiary/aromatic N) is 2. The van der Waals surface area contributed by atoms with E-state index in [-0.39, 0.29) is 23.2 Å². The predicted molar refractivity (Wildman–Crippen MR) is 74.7 cm³/mol. The molecule has 1 amide bonds. The Morgan fingerprint density at radius 3 is 2.75 bits per heavy atom. The fourth-order valence-corrected chi connectivity index (χ4v) is 2.64. The Bertz CT molecular complexity index is 522. The van der Waals surface area contributed by atoms with Gasteiger partial charge < -0.3 is 10.0 Å². The summed E-state index contributed by atoms with van der Waals surface area (Å²) in [5, 5.41) is 9.16. The highest BCUT2D eigenvalue weighted by atomic mass is 16.4. The molecule has 0 spiro atoms. The molecule has 0 aliphatic heterocycles. The first kappa shape index (κ1) is 14.2. The van der Waals surface area contributed by atoms with Crippen LogP contribution in [0.3, 0.4) is 0 Å². The number of pyridine rings is 1. The lowest BCUT2D eigenvalue weighted by Gasteiger charge is -2.27. The molecule has 2 rings (SSSR count). The minimum absolute atomic E-state index is 0.00810. The molecule has 106 valence electrons. The van der Waals surface area contributed by atoms with Gasteiger partial charge in [-0.3, -0.25) is 9.78 Å². The van der Waals surface area contributed by atoms with Gasteiger partial charge in [-0.25, -0.2) is 4.79 Å². The van der Waals surface area contributed by atoms with Crippen molar-refractivity contribution in [2.45, 2.75) is 31.7 Å². The van der Waals surface area contributed by atoms with E-state index in [1.165, 1.54) is 18.3 Å². The second-order valence-corrected chi connectivity index (χ2v) is 4.89. The van der Waals surface area contributed by atoms with Crippen molar-refractivity contribution in [1.29, 1.82) is 0 Å². The van der Waals surface area contributed by atoms with E-state index >= 15 is 0 Å². The Labute approximate surface area is 117 Å². The van der Waals surface area contributed by atoms with Gasteiger partial charge in [0.15, 0.2) is 0 Å². The van der Waals surface area contributed by atoms with Crippen LogP contribution in [0.15, 0.2) is 31.0 Å². The van der Waals surface area contributed by atoms with E-state index in [4.69, 9.17) is 5.11 Å². The average molecular weight is 274 g/mol. The summed E-state index contributed by atoms with van der Waals surface area (Å²) in [6, 6.07) is 3.08. The molecule has 20 heavy (non-hydrogen) atoms. The molecule has 0 saturated heterocycles. The molecule has 0 bridgehead atoms. The summed E-state index contributed by atoms with van der Waals surface area (Å²) in [7, 11) is 0. The molecule has 0 atom stereocenters. The lowest BCUT2D eigenvalue weighted by atomic mass is 10.1. The number of carbonyl (C=O) groups is 2. The van der Waals surface area contributed by atoms with Crippen LogP contribution in [-0.2, 0) is 0 Å². The van der Waals surface area contributed by atoms with E-state index in [0.29, 0.717) is 6.54 Å². The molecule has 1 aliphatic carbocycles. The van der Waals surface area contributed by atoms with E-state index in [1.807, 2.05) is 0 Å². The number of rotatable bonds is 5. The van der Waals surface area contributed by atoms with E-state index in [1.54, 1.807) is 11.0 Å². The van der Waals surface area contributed by atoms with E-state index in [9.17, 15) is 9.59 Å². The summed E-state index contributed by atoms with van der Waals surface area (Å²) in [6.45, 7) is 4.09. The highest BCUT2D eigenvalue weighted by molar-refractivity contribution is 6.03. The topological polar surface area (TPSA) is 70.5 Å². The number of amides is 1. The number of hydrogen-bond donors (Lipinski definition) is 1. The lowest BCUT2D eigenvalue weighted by Crippen LogP contribution is -2.40. The number of aromatic carboxylic acids is 1. The maximum Gasteiger partial charge on any atom is 0.338 e. The van der Waals surface area contributed by atoms with Crippen LogP contribution in [0, 0.1) is 0 Å². The molecule has 5 heteroatoms.